The minimum absolute atomic E-state index is 0.103. The first-order chi connectivity index (χ1) is 18.7. The summed E-state index contributed by atoms with van der Waals surface area (Å²) in [6.45, 7) is -0.127. The number of methoxy groups -OCH3 is 1. The van der Waals surface area contributed by atoms with Crippen molar-refractivity contribution in [1.82, 2.24) is 20.3 Å². The largest absolute Gasteiger partial charge is 0.480 e. The number of carbonyl (C=O) groups is 3. The number of hydrogen-bond donors (Lipinski definition) is 5. The lowest BCUT2D eigenvalue weighted by molar-refractivity contribution is -0.141. The summed E-state index contributed by atoms with van der Waals surface area (Å²) in [4.78, 5) is 47.1. The second-order valence-corrected chi connectivity index (χ2v) is 8.77. The van der Waals surface area contributed by atoms with Crippen LogP contribution in [0.25, 0.3) is 11.0 Å². The lowest BCUT2D eigenvalue weighted by Crippen LogP contribution is -2.44. The summed E-state index contributed by atoms with van der Waals surface area (Å²) < 4.78 is 10.2. The van der Waals surface area contributed by atoms with Crippen molar-refractivity contribution < 1.29 is 29.0 Å². The normalized spacial score (nSPS) is 11.7. The van der Waals surface area contributed by atoms with Crippen LogP contribution in [0.15, 0.2) is 54.7 Å². The molecule has 1 atom stereocenters. The first-order valence-corrected chi connectivity index (χ1v) is 12.0. The van der Waals surface area contributed by atoms with Crippen LogP contribution in [0.2, 0.25) is 0 Å². The molecule has 0 spiro atoms. The lowest BCUT2D eigenvalue weighted by atomic mass is 10.0. The van der Waals surface area contributed by atoms with Gasteiger partial charge in [-0.05, 0) is 53.8 Å². The maximum atomic E-state index is 12.7. The van der Waals surface area contributed by atoms with Gasteiger partial charge in [0.1, 0.15) is 11.5 Å². The van der Waals surface area contributed by atoms with Gasteiger partial charge < -0.3 is 36.3 Å². The van der Waals surface area contributed by atoms with E-state index < -0.39 is 23.9 Å². The van der Waals surface area contributed by atoms with Crippen molar-refractivity contribution >= 4 is 40.6 Å². The van der Waals surface area contributed by atoms with Gasteiger partial charge in [-0.15, -0.1) is 0 Å². The van der Waals surface area contributed by atoms with Crippen molar-refractivity contribution in [3.63, 3.8) is 0 Å². The molecule has 2 heterocycles. The number of carbonyl (C=O) groups excluding carboxylic acids is 2. The molecule has 4 aromatic rings. The van der Waals surface area contributed by atoms with E-state index in [1.165, 1.54) is 7.11 Å². The van der Waals surface area contributed by atoms with Crippen LogP contribution >= 0.6 is 0 Å². The molecule has 12 heteroatoms. The Morgan fingerprint density at radius 3 is 2.31 bits per heavy atom. The lowest BCUT2D eigenvalue weighted by Gasteiger charge is -2.15. The van der Waals surface area contributed by atoms with Gasteiger partial charge in [-0.3, -0.25) is 4.79 Å². The molecule has 0 unspecified atom stereocenters. The molecule has 0 aliphatic rings. The maximum absolute atomic E-state index is 12.7. The fourth-order valence-corrected chi connectivity index (χ4v) is 4.01. The summed E-state index contributed by atoms with van der Waals surface area (Å²) in [5.74, 6) is -1.78. The molecule has 39 heavy (non-hydrogen) atoms. The Labute approximate surface area is 223 Å². The standard InChI is InChI=1S/C27H28N6O6/c1-38-26(37)18-9-5-16(6-10-18)13-39-14-20(25(35)36)31-24(34)17-7-2-15(3-8-17)4-11-19-12-30-23-21(19)22(28)32-27(29)33-23/h2-3,5-10,12,20H,4,11,13-14H2,1H3,(H,31,34)(H,35,36)(H5,28,29,30,32,33)/t20-/m0/s1. The number of hydrogen-bond acceptors (Lipinski definition) is 9. The van der Waals surface area contributed by atoms with Crippen molar-refractivity contribution in [2.45, 2.75) is 25.5 Å². The van der Waals surface area contributed by atoms with Crippen LogP contribution in [0.1, 0.15) is 37.4 Å². The Balaban J connectivity index is 1.29. The Bertz CT molecular complexity index is 1480. The number of amides is 1. The minimum atomic E-state index is -1.24. The van der Waals surface area contributed by atoms with Crippen molar-refractivity contribution in [1.29, 1.82) is 0 Å². The maximum Gasteiger partial charge on any atom is 0.337 e. The average Bonchev–Trinajstić information content (AvgIpc) is 3.34. The Morgan fingerprint density at radius 1 is 0.974 bits per heavy atom. The summed E-state index contributed by atoms with van der Waals surface area (Å²) in [6.07, 6.45) is 3.15. The van der Waals surface area contributed by atoms with E-state index in [-0.39, 0.29) is 19.2 Å². The fraction of sp³-hybridized carbons (Fsp3) is 0.222. The van der Waals surface area contributed by atoms with Crippen LogP contribution in [0.5, 0.6) is 0 Å². The predicted molar refractivity (Wildman–Crippen MR) is 143 cm³/mol. The number of aryl methyl sites for hydroxylation is 2. The summed E-state index contributed by atoms with van der Waals surface area (Å²) >= 11 is 0. The van der Waals surface area contributed by atoms with Crippen LogP contribution in [-0.4, -0.2) is 57.7 Å². The molecule has 0 fully saturated rings. The van der Waals surface area contributed by atoms with Crippen LogP contribution in [0, 0.1) is 0 Å². The number of carboxylic acid groups (broad SMARTS) is 1. The van der Waals surface area contributed by atoms with E-state index in [9.17, 15) is 19.5 Å². The van der Waals surface area contributed by atoms with Gasteiger partial charge >= 0.3 is 11.9 Å². The molecule has 0 aliphatic heterocycles. The number of nitrogens with two attached hydrogens (primary N) is 2. The van der Waals surface area contributed by atoms with Crippen LogP contribution in [0.4, 0.5) is 11.8 Å². The van der Waals surface area contributed by atoms with E-state index in [1.807, 2.05) is 18.3 Å². The zero-order valence-corrected chi connectivity index (χ0v) is 21.1. The highest BCUT2D eigenvalue weighted by atomic mass is 16.5. The highest BCUT2D eigenvalue weighted by molar-refractivity contribution is 5.96. The van der Waals surface area contributed by atoms with Gasteiger partial charge in [0.2, 0.25) is 5.95 Å². The number of anilines is 2. The monoisotopic (exact) mass is 532 g/mol. The number of carboxylic acids is 1. The topological polar surface area (TPSA) is 196 Å². The zero-order chi connectivity index (χ0) is 27.9. The quantitative estimate of drug-likeness (QED) is 0.178. The number of rotatable bonds is 11. The second kappa shape index (κ2) is 12.0. The number of esters is 1. The highest BCUT2D eigenvalue weighted by Gasteiger charge is 2.21. The predicted octanol–water partition coefficient (Wildman–Crippen LogP) is 2.09. The molecule has 4 rings (SSSR count). The SMILES string of the molecule is COC(=O)c1ccc(COC[C@H](NC(=O)c2ccc(CCc3c[nH]c4nc(N)nc(N)c34)cc2)C(=O)O)cc1. The van der Waals surface area contributed by atoms with Crippen molar-refractivity contribution in [3.8, 4) is 0 Å². The molecule has 0 bridgehead atoms. The number of nitrogens with zero attached hydrogens (tertiary/aromatic N) is 2. The number of aromatic nitrogens is 3. The van der Waals surface area contributed by atoms with Gasteiger partial charge in [0.15, 0.2) is 6.04 Å². The van der Waals surface area contributed by atoms with Crippen molar-refractivity contribution in [3.05, 3.63) is 82.5 Å². The first-order valence-electron chi connectivity index (χ1n) is 12.0. The van der Waals surface area contributed by atoms with Gasteiger partial charge in [0.25, 0.3) is 5.91 Å². The summed E-state index contributed by atoms with van der Waals surface area (Å²) in [5, 5.41) is 12.8. The van der Waals surface area contributed by atoms with E-state index >= 15 is 0 Å². The van der Waals surface area contributed by atoms with E-state index in [2.05, 4.69) is 25.0 Å². The molecule has 0 radical (unpaired) electrons. The third-order valence-electron chi connectivity index (χ3n) is 6.09. The molecule has 0 saturated carbocycles. The molecular weight excluding hydrogens is 504 g/mol. The van der Waals surface area contributed by atoms with Crippen LogP contribution in [0.3, 0.4) is 0 Å². The number of benzene rings is 2. The van der Waals surface area contributed by atoms with Crippen LogP contribution in [-0.2, 0) is 33.7 Å². The number of H-pyrrole nitrogens is 1. The van der Waals surface area contributed by atoms with Crippen molar-refractivity contribution in [2.75, 3.05) is 25.2 Å². The van der Waals surface area contributed by atoms with E-state index in [1.54, 1.807) is 36.4 Å². The van der Waals surface area contributed by atoms with Gasteiger partial charge in [0, 0.05) is 11.8 Å². The Hall–Kier alpha value is -4.97. The molecule has 2 aromatic carbocycles. The van der Waals surface area contributed by atoms with E-state index in [0.29, 0.717) is 35.4 Å². The third-order valence-corrected chi connectivity index (χ3v) is 6.09. The molecule has 7 N–H and O–H groups in total. The molecule has 12 nitrogen and oxygen atoms in total. The van der Waals surface area contributed by atoms with Crippen molar-refractivity contribution in [2.24, 2.45) is 0 Å². The average molecular weight is 533 g/mol. The molecule has 202 valence electrons. The highest BCUT2D eigenvalue weighted by Crippen LogP contribution is 2.24. The van der Waals surface area contributed by atoms with Gasteiger partial charge in [0.05, 0.1) is 31.3 Å². The van der Waals surface area contributed by atoms with E-state index in [0.717, 1.165) is 22.1 Å². The Morgan fingerprint density at radius 2 is 1.64 bits per heavy atom. The molecular formula is C27H28N6O6. The van der Waals surface area contributed by atoms with Crippen LogP contribution < -0.4 is 16.8 Å². The first kappa shape index (κ1) is 27.1. The second-order valence-electron chi connectivity index (χ2n) is 8.77. The Kier molecular flexibility index (Phi) is 8.37. The summed E-state index contributed by atoms with van der Waals surface area (Å²) in [6, 6.07) is 12.2. The van der Waals surface area contributed by atoms with Gasteiger partial charge in [-0.25, -0.2) is 9.59 Å². The number of aromatic amines is 1. The number of ether oxygens (including phenoxy) is 2. The number of fused-ring (bicyclic) bond motifs is 1. The minimum Gasteiger partial charge on any atom is -0.480 e. The number of nitrogen functional groups attached to an aromatic ring is 2. The smallest absolute Gasteiger partial charge is 0.337 e. The zero-order valence-electron chi connectivity index (χ0n) is 21.1. The number of aliphatic carboxylic acids is 1. The summed E-state index contributed by atoms with van der Waals surface area (Å²) in [7, 11) is 1.30. The third kappa shape index (κ3) is 6.67. The fourth-order valence-electron chi connectivity index (χ4n) is 4.01. The number of nitrogens with one attached hydrogen (secondary N) is 2. The summed E-state index contributed by atoms with van der Waals surface area (Å²) in [5.41, 5.74) is 15.6. The van der Waals surface area contributed by atoms with Gasteiger partial charge in [-0.2, -0.15) is 9.97 Å². The molecule has 2 aromatic heterocycles. The van der Waals surface area contributed by atoms with E-state index in [4.69, 9.17) is 16.2 Å². The van der Waals surface area contributed by atoms with Gasteiger partial charge in [-0.1, -0.05) is 24.3 Å². The molecule has 0 aliphatic carbocycles. The molecule has 1 amide bonds. The molecule has 0 saturated heterocycles.